The Kier molecular flexibility index (Phi) is 5.25. The van der Waals surface area contributed by atoms with Gasteiger partial charge in [0.15, 0.2) is 11.6 Å². The van der Waals surface area contributed by atoms with Crippen LogP contribution in [-0.2, 0) is 0 Å². The van der Waals surface area contributed by atoms with Crippen LogP contribution in [0, 0.1) is 0 Å². The van der Waals surface area contributed by atoms with E-state index in [4.69, 9.17) is 9.84 Å². The highest BCUT2D eigenvalue weighted by molar-refractivity contribution is 6.16. The minimum absolute atomic E-state index is 0.0410. The van der Waals surface area contributed by atoms with Crippen LogP contribution in [0.25, 0.3) is 0 Å². The first-order chi connectivity index (χ1) is 11.0. The van der Waals surface area contributed by atoms with Gasteiger partial charge in [-0.05, 0) is 37.3 Å². The summed E-state index contributed by atoms with van der Waals surface area (Å²) in [7, 11) is 0. The molecular formula is C18H16O5. The van der Waals surface area contributed by atoms with Gasteiger partial charge in [-0.3, -0.25) is 9.59 Å². The highest BCUT2D eigenvalue weighted by atomic mass is 16.5. The molecule has 0 atom stereocenters. The standard InChI is InChI=1S/C18H16O5/c1-2-23-13-9-7-12(8-10-13)16(19)11-17(20)14-5-3-4-6-15(14)18(21)22/h3-10H,2,11H2,1H3,(H,21,22). The van der Waals surface area contributed by atoms with Crippen LogP contribution < -0.4 is 4.74 Å². The van der Waals surface area contributed by atoms with Gasteiger partial charge in [-0.25, -0.2) is 4.79 Å². The number of aromatic carboxylic acids is 1. The van der Waals surface area contributed by atoms with Crippen LogP contribution in [0.1, 0.15) is 44.4 Å². The second-order valence-corrected chi connectivity index (χ2v) is 4.83. The van der Waals surface area contributed by atoms with Crippen molar-refractivity contribution in [1.82, 2.24) is 0 Å². The molecule has 5 heteroatoms. The first-order valence-electron chi connectivity index (χ1n) is 7.14. The van der Waals surface area contributed by atoms with Crippen LogP contribution in [0.5, 0.6) is 5.75 Å². The van der Waals surface area contributed by atoms with Crippen molar-refractivity contribution in [1.29, 1.82) is 0 Å². The second-order valence-electron chi connectivity index (χ2n) is 4.83. The molecule has 5 nitrogen and oxygen atoms in total. The summed E-state index contributed by atoms with van der Waals surface area (Å²) < 4.78 is 5.29. The third kappa shape index (κ3) is 4.03. The predicted octanol–water partition coefficient (Wildman–Crippen LogP) is 3.24. The molecule has 2 aromatic carbocycles. The number of Topliss-reactive ketones (excluding diaryl/α,β-unsaturated/α-hetero) is 2. The molecule has 0 bridgehead atoms. The normalized spacial score (nSPS) is 10.1. The molecule has 0 spiro atoms. The monoisotopic (exact) mass is 312 g/mol. The van der Waals surface area contributed by atoms with Gasteiger partial charge in [-0.15, -0.1) is 0 Å². The van der Waals surface area contributed by atoms with Gasteiger partial charge in [0, 0.05) is 11.1 Å². The zero-order chi connectivity index (χ0) is 16.8. The average molecular weight is 312 g/mol. The number of benzene rings is 2. The van der Waals surface area contributed by atoms with Gasteiger partial charge in [0.05, 0.1) is 18.6 Å². The first kappa shape index (κ1) is 16.4. The third-order valence-corrected chi connectivity index (χ3v) is 3.27. The van der Waals surface area contributed by atoms with Gasteiger partial charge < -0.3 is 9.84 Å². The molecule has 0 unspecified atom stereocenters. The quantitative estimate of drug-likeness (QED) is 0.627. The van der Waals surface area contributed by atoms with E-state index >= 15 is 0 Å². The maximum atomic E-state index is 12.2. The Morgan fingerprint density at radius 1 is 0.913 bits per heavy atom. The van der Waals surface area contributed by atoms with E-state index in [1.807, 2.05) is 6.92 Å². The number of carboxylic acids is 1. The molecule has 0 aliphatic heterocycles. The fourth-order valence-corrected chi connectivity index (χ4v) is 2.16. The van der Waals surface area contributed by atoms with E-state index in [-0.39, 0.29) is 23.3 Å². The molecular weight excluding hydrogens is 296 g/mol. The predicted molar refractivity (Wildman–Crippen MR) is 84.3 cm³/mol. The van der Waals surface area contributed by atoms with Gasteiger partial charge in [-0.1, -0.05) is 18.2 Å². The summed E-state index contributed by atoms with van der Waals surface area (Å²) in [4.78, 5) is 35.5. The lowest BCUT2D eigenvalue weighted by atomic mass is 9.98. The van der Waals surface area contributed by atoms with Crippen molar-refractivity contribution in [2.24, 2.45) is 0 Å². The molecule has 0 amide bonds. The summed E-state index contributed by atoms with van der Waals surface area (Å²) in [5.41, 5.74) is 0.325. The first-order valence-corrected chi connectivity index (χ1v) is 7.14. The molecule has 0 fully saturated rings. The number of hydrogen-bond donors (Lipinski definition) is 1. The zero-order valence-electron chi connectivity index (χ0n) is 12.6. The van der Waals surface area contributed by atoms with Gasteiger partial charge in [0.1, 0.15) is 5.75 Å². The third-order valence-electron chi connectivity index (χ3n) is 3.27. The van der Waals surface area contributed by atoms with Gasteiger partial charge in [0.25, 0.3) is 0 Å². The van der Waals surface area contributed by atoms with Crippen molar-refractivity contribution in [2.45, 2.75) is 13.3 Å². The summed E-state index contributed by atoms with van der Waals surface area (Å²) >= 11 is 0. The van der Waals surface area contributed by atoms with Crippen LogP contribution in [-0.4, -0.2) is 29.2 Å². The van der Waals surface area contributed by atoms with Gasteiger partial charge in [-0.2, -0.15) is 0 Å². The molecule has 2 aromatic rings. The number of carbonyl (C=O) groups is 3. The van der Waals surface area contributed by atoms with E-state index in [1.54, 1.807) is 30.3 Å². The molecule has 0 aliphatic carbocycles. The van der Waals surface area contributed by atoms with Crippen LogP contribution in [0.15, 0.2) is 48.5 Å². The maximum Gasteiger partial charge on any atom is 0.336 e. The topological polar surface area (TPSA) is 80.7 Å². The minimum atomic E-state index is -1.19. The Morgan fingerprint density at radius 2 is 1.52 bits per heavy atom. The smallest absolute Gasteiger partial charge is 0.336 e. The van der Waals surface area contributed by atoms with Crippen LogP contribution in [0.3, 0.4) is 0 Å². The molecule has 118 valence electrons. The zero-order valence-corrected chi connectivity index (χ0v) is 12.6. The number of carbonyl (C=O) groups excluding carboxylic acids is 2. The number of hydrogen-bond acceptors (Lipinski definition) is 4. The lowest BCUT2D eigenvalue weighted by Gasteiger charge is -2.06. The highest BCUT2D eigenvalue weighted by Gasteiger charge is 2.19. The lowest BCUT2D eigenvalue weighted by molar-refractivity contribution is 0.0690. The Hall–Kier alpha value is -2.95. The second kappa shape index (κ2) is 7.35. The summed E-state index contributed by atoms with van der Waals surface area (Å²) in [6.45, 7) is 2.38. The summed E-state index contributed by atoms with van der Waals surface area (Å²) in [6, 6.07) is 12.4. The van der Waals surface area contributed by atoms with Gasteiger partial charge >= 0.3 is 5.97 Å². The molecule has 0 aromatic heterocycles. The Labute approximate surface area is 133 Å². The number of ketones is 2. The molecule has 23 heavy (non-hydrogen) atoms. The van der Waals surface area contributed by atoms with Gasteiger partial charge in [0.2, 0.25) is 0 Å². The number of ether oxygens (including phenoxy) is 1. The largest absolute Gasteiger partial charge is 0.494 e. The van der Waals surface area contributed by atoms with E-state index < -0.39 is 11.8 Å². The summed E-state index contributed by atoms with van der Waals surface area (Å²) in [5, 5.41) is 9.10. The molecule has 0 saturated heterocycles. The van der Waals surface area contributed by atoms with E-state index in [0.717, 1.165) is 0 Å². The highest BCUT2D eigenvalue weighted by Crippen LogP contribution is 2.16. The molecule has 2 rings (SSSR count). The molecule has 0 saturated carbocycles. The minimum Gasteiger partial charge on any atom is -0.494 e. The van der Waals surface area contributed by atoms with E-state index in [0.29, 0.717) is 17.9 Å². The SMILES string of the molecule is CCOc1ccc(C(=O)CC(=O)c2ccccc2C(=O)O)cc1. The lowest BCUT2D eigenvalue weighted by Crippen LogP contribution is -2.13. The number of carboxylic acid groups (broad SMARTS) is 1. The summed E-state index contributed by atoms with van der Waals surface area (Å²) in [5.74, 6) is -1.42. The van der Waals surface area contributed by atoms with Crippen molar-refractivity contribution in [3.05, 3.63) is 65.2 Å². The van der Waals surface area contributed by atoms with Crippen molar-refractivity contribution in [3.63, 3.8) is 0 Å². The van der Waals surface area contributed by atoms with Crippen molar-refractivity contribution in [2.75, 3.05) is 6.61 Å². The van der Waals surface area contributed by atoms with Crippen LogP contribution in [0.4, 0.5) is 0 Å². The van der Waals surface area contributed by atoms with E-state index in [1.165, 1.54) is 18.2 Å². The van der Waals surface area contributed by atoms with Crippen molar-refractivity contribution < 1.29 is 24.2 Å². The van der Waals surface area contributed by atoms with Crippen molar-refractivity contribution in [3.8, 4) is 5.75 Å². The fourth-order valence-electron chi connectivity index (χ4n) is 2.16. The molecule has 0 heterocycles. The van der Waals surface area contributed by atoms with E-state index in [9.17, 15) is 14.4 Å². The maximum absolute atomic E-state index is 12.2. The van der Waals surface area contributed by atoms with E-state index in [2.05, 4.69) is 0 Å². The van der Waals surface area contributed by atoms with Crippen LogP contribution >= 0.6 is 0 Å². The molecule has 1 N–H and O–H groups in total. The fraction of sp³-hybridized carbons (Fsp3) is 0.167. The summed E-state index contributed by atoms with van der Waals surface area (Å²) in [6.07, 6.45) is -0.377. The Balaban J connectivity index is 2.14. The number of rotatable bonds is 7. The van der Waals surface area contributed by atoms with Crippen LogP contribution in [0.2, 0.25) is 0 Å². The Morgan fingerprint density at radius 3 is 2.09 bits per heavy atom. The molecule has 0 radical (unpaired) electrons. The Bertz CT molecular complexity index is 731. The molecule has 0 aliphatic rings. The van der Waals surface area contributed by atoms with Crippen molar-refractivity contribution >= 4 is 17.5 Å². The average Bonchev–Trinajstić information content (AvgIpc) is 2.55.